The molecule has 0 aromatic heterocycles. The molecule has 2 unspecified atom stereocenters. The predicted molar refractivity (Wildman–Crippen MR) is 298 cm³/mol. The minimum atomic E-state index is -0.881. The Labute approximate surface area is 431 Å². The predicted octanol–water partition coefficient (Wildman–Crippen LogP) is 17.2. The van der Waals surface area contributed by atoms with Crippen LogP contribution in [0, 0.1) is 0 Å². The van der Waals surface area contributed by atoms with Gasteiger partial charge in [0.05, 0.1) is 34.4 Å². The van der Waals surface area contributed by atoms with E-state index in [0.717, 1.165) is 89.9 Å². The molecule has 0 saturated carbocycles. The summed E-state index contributed by atoms with van der Waals surface area (Å²) < 4.78 is 17.4. The smallest absolute Gasteiger partial charge is 0.362 e. The molecule has 0 aromatic rings. The van der Waals surface area contributed by atoms with Crippen molar-refractivity contribution in [2.75, 3.05) is 41.0 Å². The lowest BCUT2D eigenvalue weighted by Gasteiger charge is -2.31. The van der Waals surface area contributed by atoms with Gasteiger partial charge in [-0.2, -0.15) is 0 Å². The summed E-state index contributed by atoms with van der Waals surface area (Å²) in [6.07, 6.45) is 69.3. The highest BCUT2D eigenvalue weighted by Gasteiger charge is 2.31. The molecule has 0 radical (unpaired) electrons. The van der Waals surface area contributed by atoms with E-state index in [1.165, 1.54) is 116 Å². The molecule has 0 aliphatic heterocycles. The zero-order chi connectivity index (χ0) is 51.3. The van der Waals surface area contributed by atoms with Crippen molar-refractivity contribution >= 4 is 17.9 Å². The van der Waals surface area contributed by atoms with E-state index < -0.39 is 18.1 Å². The van der Waals surface area contributed by atoms with Crippen molar-refractivity contribution in [3.63, 3.8) is 0 Å². The number of carboxylic acids is 1. The second kappa shape index (κ2) is 51.9. The van der Waals surface area contributed by atoms with E-state index in [0.29, 0.717) is 19.3 Å². The van der Waals surface area contributed by atoms with Gasteiger partial charge in [0.1, 0.15) is 6.61 Å². The molecular weight excluding hydrogens is 871 g/mol. The number of likely N-dealkylation sites (N-methyl/N-ethyl adjacent to an activating group) is 1. The zero-order valence-corrected chi connectivity index (χ0v) is 46.0. The topological polar surface area (TPSA) is 99.1 Å². The third kappa shape index (κ3) is 49.5. The fraction of sp³-hybridized carbons (Fsp3) is 0.726. The van der Waals surface area contributed by atoms with Crippen LogP contribution in [-0.4, -0.2) is 80.6 Å². The molecule has 8 nitrogen and oxygen atoms in total. The van der Waals surface area contributed by atoms with Crippen LogP contribution in [0.2, 0.25) is 0 Å². The van der Waals surface area contributed by atoms with Crippen molar-refractivity contribution in [3.05, 3.63) is 85.1 Å². The molecule has 0 aliphatic rings. The summed E-state index contributed by atoms with van der Waals surface area (Å²) in [5, 5.41) is 9.68. The average molecular weight is 980 g/mol. The second-order valence-electron chi connectivity index (χ2n) is 20.2. The Bertz CT molecular complexity index is 1420. The van der Waals surface area contributed by atoms with Crippen LogP contribution in [0.1, 0.15) is 239 Å². The number of hydrogen-bond acceptors (Lipinski definition) is 6. The quantitative estimate of drug-likeness (QED) is 0.0280. The first kappa shape index (κ1) is 66.5. The number of allylic oxidation sites excluding steroid dienone is 14. The Kier molecular flexibility index (Phi) is 49.3. The monoisotopic (exact) mass is 979 g/mol. The number of nitrogens with zero attached hydrogens (tertiary/aromatic N) is 1. The van der Waals surface area contributed by atoms with Crippen LogP contribution in [0.25, 0.3) is 0 Å². The fourth-order valence-electron chi connectivity index (χ4n) is 8.15. The van der Waals surface area contributed by atoms with Gasteiger partial charge in [0.15, 0.2) is 12.1 Å². The Morgan fingerprint density at radius 3 is 1.20 bits per heavy atom. The SMILES string of the molecule is CC/C=C/C/C=C/C/C=C/C/C=C/C/C=C/C/C=C/CCCCCCC(=O)OC(COCCC(C(=O)O)[N+](C)(C)C)COC(=O)CCCCCCCCC/C=C/CCCCCCCCCCCCCC. The first-order chi connectivity index (χ1) is 34.1. The Morgan fingerprint density at radius 2 is 0.800 bits per heavy atom. The molecule has 0 rings (SSSR count). The molecule has 0 amide bonds. The van der Waals surface area contributed by atoms with Gasteiger partial charge in [-0.1, -0.05) is 214 Å². The van der Waals surface area contributed by atoms with Crippen LogP contribution in [0.4, 0.5) is 0 Å². The first-order valence-electron chi connectivity index (χ1n) is 28.6. The van der Waals surface area contributed by atoms with Crippen molar-refractivity contribution in [1.29, 1.82) is 0 Å². The van der Waals surface area contributed by atoms with Gasteiger partial charge in [-0.3, -0.25) is 9.59 Å². The number of carbonyl (C=O) groups is 3. The van der Waals surface area contributed by atoms with Gasteiger partial charge >= 0.3 is 17.9 Å². The van der Waals surface area contributed by atoms with E-state index in [1.54, 1.807) is 0 Å². The first-order valence-corrected chi connectivity index (χ1v) is 28.6. The molecule has 0 saturated heterocycles. The highest BCUT2D eigenvalue weighted by atomic mass is 16.6. The Morgan fingerprint density at radius 1 is 0.443 bits per heavy atom. The largest absolute Gasteiger partial charge is 0.477 e. The third-order valence-electron chi connectivity index (χ3n) is 12.5. The van der Waals surface area contributed by atoms with Crippen LogP contribution < -0.4 is 0 Å². The maximum absolute atomic E-state index is 12.8. The van der Waals surface area contributed by atoms with E-state index in [-0.39, 0.29) is 36.2 Å². The summed E-state index contributed by atoms with van der Waals surface area (Å²) in [6, 6.07) is -0.626. The second-order valence-corrected chi connectivity index (χ2v) is 20.2. The van der Waals surface area contributed by atoms with E-state index in [2.05, 4.69) is 98.9 Å². The molecule has 402 valence electrons. The van der Waals surface area contributed by atoms with E-state index in [4.69, 9.17) is 14.2 Å². The molecule has 0 fully saturated rings. The summed E-state index contributed by atoms with van der Waals surface area (Å²) in [5.74, 6) is -1.50. The standard InChI is InChI=1S/C62H107NO7/c1-6-8-10-12-14-16-18-20-22-24-26-28-30-32-34-36-38-40-42-44-46-48-50-52-60(64)69-57-58(56-68-55-54-59(62(66)67)63(3,4)5)70-61(65)53-51-49-47-45-43-41-39-37-35-33-31-29-27-25-23-21-19-17-15-13-11-9-7-2/h9,11,15,17,21,23,27,29,32-35,39,41,58-59H,6-8,10,12-14,16,18-20,22,24-26,28,30-31,36-38,40,42-57H2,1-5H3/p+1/b11-9+,17-15+,23-21+,29-27+,34-32+,35-33+,41-39+. The minimum Gasteiger partial charge on any atom is -0.477 e. The summed E-state index contributed by atoms with van der Waals surface area (Å²) >= 11 is 0. The number of unbranched alkanes of at least 4 members (excludes halogenated alkanes) is 23. The maximum Gasteiger partial charge on any atom is 0.362 e. The Hall–Kier alpha value is -3.49. The van der Waals surface area contributed by atoms with Crippen molar-refractivity contribution in [3.8, 4) is 0 Å². The lowest BCUT2D eigenvalue weighted by Crippen LogP contribution is -2.50. The highest BCUT2D eigenvalue weighted by Crippen LogP contribution is 2.15. The van der Waals surface area contributed by atoms with Gasteiger partial charge in [0.2, 0.25) is 0 Å². The van der Waals surface area contributed by atoms with Crippen LogP contribution >= 0.6 is 0 Å². The van der Waals surface area contributed by atoms with Crippen LogP contribution in [0.15, 0.2) is 85.1 Å². The van der Waals surface area contributed by atoms with Crippen molar-refractivity contribution in [1.82, 2.24) is 0 Å². The molecular formula is C62H108NO7+. The molecule has 0 bridgehead atoms. The number of carboxylic acid groups (broad SMARTS) is 1. The molecule has 8 heteroatoms. The van der Waals surface area contributed by atoms with Crippen LogP contribution in [-0.2, 0) is 28.6 Å². The van der Waals surface area contributed by atoms with Gasteiger partial charge in [-0.15, -0.1) is 0 Å². The minimum absolute atomic E-state index is 0.0453. The summed E-state index contributed by atoms with van der Waals surface area (Å²) in [5.41, 5.74) is 0. The van der Waals surface area contributed by atoms with E-state index >= 15 is 0 Å². The zero-order valence-electron chi connectivity index (χ0n) is 46.0. The summed E-state index contributed by atoms with van der Waals surface area (Å²) in [6.45, 7) is 4.61. The van der Waals surface area contributed by atoms with E-state index in [1.807, 2.05) is 21.1 Å². The Balaban J connectivity index is 4.25. The molecule has 0 aliphatic carbocycles. The molecule has 0 spiro atoms. The van der Waals surface area contributed by atoms with Gasteiger partial charge in [-0.25, -0.2) is 4.79 Å². The number of esters is 2. The van der Waals surface area contributed by atoms with Gasteiger partial charge in [0.25, 0.3) is 0 Å². The highest BCUT2D eigenvalue weighted by molar-refractivity contribution is 5.72. The molecule has 2 atom stereocenters. The molecule has 0 heterocycles. The lowest BCUT2D eigenvalue weighted by molar-refractivity contribution is -0.887. The van der Waals surface area contributed by atoms with Crippen LogP contribution in [0.5, 0.6) is 0 Å². The fourth-order valence-corrected chi connectivity index (χ4v) is 8.15. The normalized spacial score (nSPS) is 13.4. The molecule has 1 N–H and O–H groups in total. The van der Waals surface area contributed by atoms with Crippen molar-refractivity contribution in [2.24, 2.45) is 0 Å². The van der Waals surface area contributed by atoms with Gasteiger partial charge in [-0.05, 0) is 89.9 Å². The average Bonchev–Trinajstić information content (AvgIpc) is 3.33. The summed E-state index contributed by atoms with van der Waals surface area (Å²) in [4.78, 5) is 37.3. The third-order valence-corrected chi connectivity index (χ3v) is 12.5. The van der Waals surface area contributed by atoms with E-state index in [9.17, 15) is 19.5 Å². The van der Waals surface area contributed by atoms with Gasteiger partial charge < -0.3 is 23.8 Å². The van der Waals surface area contributed by atoms with Crippen molar-refractivity contribution < 1.29 is 38.2 Å². The number of carbonyl (C=O) groups excluding carboxylic acids is 2. The summed E-state index contributed by atoms with van der Waals surface area (Å²) in [7, 11) is 5.53. The number of ether oxygens (including phenoxy) is 3. The molecule has 70 heavy (non-hydrogen) atoms. The number of quaternary nitrogens is 1. The molecule has 0 aromatic carbocycles. The maximum atomic E-state index is 12.8. The van der Waals surface area contributed by atoms with Crippen molar-refractivity contribution in [2.45, 2.75) is 251 Å². The number of hydrogen-bond donors (Lipinski definition) is 1. The lowest BCUT2D eigenvalue weighted by atomic mass is 10.0. The number of rotatable bonds is 51. The van der Waals surface area contributed by atoms with Gasteiger partial charge in [0, 0.05) is 19.3 Å². The number of aliphatic carboxylic acids is 1. The van der Waals surface area contributed by atoms with Crippen LogP contribution in [0.3, 0.4) is 0 Å².